The summed E-state index contributed by atoms with van der Waals surface area (Å²) in [5.74, 6) is 4.82. The maximum Gasteiger partial charge on any atom is 0.573 e. The molecule has 1 aromatic carbocycles. The second-order valence-corrected chi connectivity index (χ2v) is 10.4. The van der Waals surface area contributed by atoms with Gasteiger partial charge in [0.15, 0.2) is 0 Å². The minimum atomic E-state index is -4.62. The molecular formula is C27H37F3O. The molecule has 4 atom stereocenters. The number of ether oxygens (including phenoxy) is 1. The van der Waals surface area contributed by atoms with E-state index in [2.05, 4.69) is 17.4 Å². The zero-order valence-electron chi connectivity index (χ0n) is 18.6. The number of rotatable bonds is 6. The molecule has 172 valence electrons. The predicted octanol–water partition coefficient (Wildman–Crippen LogP) is 8.66. The number of benzene rings is 1. The molecular weight excluding hydrogens is 397 g/mol. The predicted molar refractivity (Wildman–Crippen MR) is 119 cm³/mol. The molecule has 0 bridgehead atoms. The average molecular weight is 435 g/mol. The molecule has 1 nitrogen and oxygen atoms in total. The highest BCUT2D eigenvalue weighted by atomic mass is 19.4. The summed E-state index contributed by atoms with van der Waals surface area (Å²) in [6.45, 7) is 3.87. The van der Waals surface area contributed by atoms with Crippen LogP contribution >= 0.6 is 0 Å². The lowest BCUT2D eigenvalue weighted by Crippen LogP contribution is -2.34. The first kappa shape index (κ1) is 22.7. The summed E-state index contributed by atoms with van der Waals surface area (Å²) in [6, 6.07) is 6.61. The van der Waals surface area contributed by atoms with E-state index in [1.807, 2.05) is 12.1 Å². The highest BCUT2D eigenvalue weighted by molar-refractivity contribution is 5.30. The SMILES string of the molecule is C=CCCC1CCC(C2CCC3CC(c4ccc(OC(F)(F)F)cc4)CCC3C2)CC1. The number of hydrogen-bond donors (Lipinski definition) is 0. The van der Waals surface area contributed by atoms with E-state index < -0.39 is 6.36 Å². The van der Waals surface area contributed by atoms with Crippen molar-refractivity contribution < 1.29 is 17.9 Å². The van der Waals surface area contributed by atoms with Gasteiger partial charge in [-0.15, -0.1) is 19.8 Å². The van der Waals surface area contributed by atoms with Gasteiger partial charge in [0, 0.05) is 0 Å². The number of allylic oxidation sites excluding steroid dienone is 1. The lowest BCUT2D eigenvalue weighted by Gasteiger charge is -2.45. The van der Waals surface area contributed by atoms with Gasteiger partial charge in [0.25, 0.3) is 0 Å². The van der Waals surface area contributed by atoms with Crippen LogP contribution in [0.4, 0.5) is 13.2 Å². The molecule has 1 aromatic rings. The molecule has 4 rings (SSSR count). The van der Waals surface area contributed by atoms with E-state index in [4.69, 9.17) is 0 Å². The monoisotopic (exact) mass is 434 g/mol. The van der Waals surface area contributed by atoms with Crippen LogP contribution in [0.1, 0.15) is 88.5 Å². The summed E-state index contributed by atoms with van der Waals surface area (Å²) >= 11 is 0. The van der Waals surface area contributed by atoms with Gasteiger partial charge in [-0.05, 0) is 117 Å². The van der Waals surface area contributed by atoms with Crippen molar-refractivity contribution in [2.75, 3.05) is 0 Å². The number of alkyl halides is 3. The average Bonchev–Trinajstić information content (AvgIpc) is 2.77. The molecule has 0 aliphatic heterocycles. The molecule has 3 fully saturated rings. The fourth-order valence-electron chi connectivity index (χ4n) is 6.90. The second kappa shape index (κ2) is 10.0. The van der Waals surface area contributed by atoms with Crippen LogP contribution in [0.25, 0.3) is 0 Å². The van der Waals surface area contributed by atoms with E-state index in [0.29, 0.717) is 5.92 Å². The molecule has 4 heteroatoms. The van der Waals surface area contributed by atoms with E-state index in [9.17, 15) is 13.2 Å². The normalized spacial score (nSPS) is 34.0. The zero-order valence-corrected chi connectivity index (χ0v) is 18.6. The summed E-state index contributed by atoms with van der Waals surface area (Å²) in [6.07, 6.45) is 13.4. The fourth-order valence-corrected chi connectivity index (χ4v) is 6.90. The van der Waals surface area contributed by atoms with Gasteiger partial charge in [0.05, 0.1) is 0 Å². The van der Waals surface area contributed by atoms with Crippen LogP contribution in [0.3, 0.4) is 0 Å². The van der Waals surface area contributed by atoms with Crippen LogP contribution in [0.2, 0.25) is 0 Å². The van der Waals surface area contributed by atoms with Crippen LogP contribution in [0, 0.1) is 29.6 Å². The first-order valence-corrected chi connectivity index (χ1v) is 12.4. The number of fused-ring (bicyclic) bond motifs is 1. The lowest BCUT2D eigenvalue weighted by atomic mass is 9.60. The maximum atomic E-state index is 12.4. The molecule has 3 aliphatic carbocycles. The smallest absolute Gasteiger partial charge is 0.406 e. The Balaban J connectivity index is 1.26. The zero-order chi connectivity index (χ0) is 21.8. The Hall–Kier alpha value is -1.45. The summed E-state index contributed by atoms with van der Waals surface area (Å²) in [5.41, 5.74) is 1.17. The quantitative estimate of drug-likeness (QED) is 0.407. The van der Waals surface area contributed by atoms with Gasteiger partial charge in [-0.3, -0.25) is 0 Å². The van der Waals surface area contributed by atoms with Gasteiger partial charge in [-0.2, -0.15) is 0 Å². The van der Waals surface area contributed by atoms with Crippen molar-refractivity contribution >= 4 is 0 Å². The van der Waals surface area contributed by atoms with Gasteiger partial charge in [0.1, 0.15) is 5.75 Å². The highest BCUT2D eigenvalue weighted by Gasteiger charge is 2.39. The van der Waals surface area contributed by atoms with Gasteiger partial charge in [-0.25, -0.2) is 0 Å². The van der Waals surface area contributed by atoms with Crippen molar-refractivity contribution in [2.45, 2.75) is 89.3 Å². The van der Waals surface area contributed by atoms with Gasteiger partial charge in [-0.1, -0.05) is 31.1 Å². The van der Waals surface area contributed by atoms with E-state index in [1.54, 1.807) is 0 Å². The van der Waals surface area contributed by atoms with Crippen LogP contribution in [-0.4, -0.2) is 6.36 Å². The summed E-state index contributed by atoms with van der Waals surface area (Å²) in [5, 5.41) is 0. The topological polar surface area (TPSA) is 9.23 Å². The Bertz CT molecular complexity index is 702. The molecule has 0 N–H and O–H groups in total. The van der Waals surface area contributed by atoms with Crippen molar-refractivity contribution in [1.29, 1.82) is 0 Å². The Morgan fingerprint density at radius 3 is 2.03 bits per heavy atom. The Morgan fingerprint density at radius 1 is 0.806 bits per heavy atom. The first-order valence-electron chi connectivity index (χ1n) is 12.4. The van der Waals surface area contributed by atoms with E-state index >= 15 is 0 Å². The molecule has 0 aromatic heterocycles. The van der Waals surface area contributed by atoms with Crippen molar-refractivity contribution in [3.8, 4) is 5.75 Å². The van der Waals surface area contributed by atoms with Crippen LogP contribution in [-0.2, 0) is 0 Å². The van der Waals surface area contributed by atoms with Crippen LogP contribution < -0.4 is 4.74 Å². The molecule has 31 heavy (non-hydrogen) atoms. The second-order valence-electron chi connectivity index (χ2n) is 10.4. The number of halogens is 3. The Kier molecular flexibility index (Phi) is 7.33. The van der Waals surface area contributed by atoms with Gasteiger partial charge < -0.3 is 4.74 Å². The van der Waals surface area contributed by atoms with Crippen molar-refractivity contribution in [1.82, 2.24) is 0 Å². The Labute approximate surface area is 185 Å². The third-order valence-electron chi connectivity index (χ3n) is 8.58. The summed E-state index contributed by atoms with van der Waals surface area (Å²) in [7, 11) is 0. The van der Waals surface area contributed by atoms with Crippen molar-refractivity contribution in [2.24, 2.45) is 29.6 Å². The lowest BCUT2D eigenvalue weighted by molar-refractivity contribution is -0.274. The van der Waals surface area contributed by atoms with Crippen LogP contribution in [0.15, 0.2) is 36.9 Å². The molecule has 3 aliphatic rings. The van der Waals surface area contributed by atoms with Gasteiger partial charge in [0.2, 0.25) is 0 Å². The molecule has 3 saturated carbocycles. The van der Waals surface area contributed by atoms with E-state index in [0.717, 1.165) is 29.6 Å². The molecule has 0 radical (unpaired) electrons. The number of hydrogen-bond acceptors (Lipinski definition) is 1. The fraction of sp³-hybridized carbons (Fsp3) is 0.704. The first-order chi connectivity index (χ1) is 14.9. The molecule has 0 amide bonds. The van der Waals surface area contributed by atoms with E-state index in [1.165, 1.54) is 94.7 Å². The van der Waals surface area contributed by atoms with Gasteiger partial charge >= 0.3 is 6.36 Å². The molecule has 0 saturated heterocycles. The minimum Gasteiger partial charge on any atom is -0.406 e. The van der Waals surface area contributed by atoms with Crippen molar-refractivity contribution in [3.05, 3.63) is 42.5 Å². The molecule has 4 unspecified atom stereocenters. The van der Waals surface area contributed by atoms with E-state index in [-0.39, 0.29) is 5.75 Å². The van der Waals surface area contributed by atoms with Crippen LogP contribution in [0.5, 0.6) is 5.75 Å². The standard InChI is InChI=1S/C27H37F3O/c1-2-3-4-19-5-7-20(8-6-19)22-9-11-25-18-23(10-12-24(25)17-22)21-13-15-26(16-14-21)31-27(28,29)30/h2,13-16,19-20,22-25H,1,3-12,17-18H2. The minimum absolute atomic E-state index is 0.121. The highest BCUT2D eigenvalue weighted by Crippen LogP contribution is 2.51. The summed E-state index contributed by atoms with van der Waals surface area (Å²) in [4.78, 5) is 0. The molecule has 0 heterocycles. The molecule has 0 spiro atoms. The third kappa shape index (κ3) is 6.08. The Morgan fingerprint density at radius 2 is 1.39 bits per heavy atom. The summed E-state index contributed by atoms with van der Waals surface area (Å²) < 4.78 is 41.2. The third-order valence-corrected chi connectivity index (χ3v) is 8.58. The largest absolute Gasteiger partial charge is 0.573 e. The maximum absolute atomic E-state index is 12.4. The van der Waals surface area contributed by atoms with Crippen molar-refractivity contribution in [3.63, 3.8) is 0 Å².